The van der Waals surface area contributed by atoms with E-state index in [1.54, 1.807) is 39.0 Å². The fraction of sp³-hybridized carbons (Fsp3) is 0.535. The van der Waals surface area contributed by atoms with Crippen LogP contribution < -0.4 is 10.6 Å². The highest BCUT2D eigenvalue weighted by molar-refractivity contribution is 5.95. The summed E-state index contributed by atoms with van der Waals surface area (Å²) in [5.74, 6) is -2.28. The molecule has 2 aromatic rings. The Hall–Kier alpha value is -4.36. The number of fused-ring (bicyclic) bond motifs is 3. The Labute approximate surface area is 322 Å². The zero-order valence-electron chi connectivity index (χ0n) is 31.8. The van der Waals surface area contributed by atoms with Gasteiger partial charge in [-0.3, -0.25) is 14.4 Å². The summed E-state index contributed by atoms with van der Waals surface area (Å²) in [6.07, 6.45) is 9.05. The van der Waals surface area contributed by atoms with Gasteiger partial charge in [-0.25, -0.2) is 4.79 Å². The smallest absolute Gasteiger partial charge is 0.339 e. The van der Waals surface area contributed by atoms with Gasteiger partial charge in [-0.05, 0) is 81.2 Å². The van der Waals surface area contributed by atoms with E-state index in [-0.39, 0.29) is 44.7 Å². The summed E-state index contributed by atoms with van der Waals surface area (Å²) >= 11 is 0. The molecule has 55 heavy (non-hydrogen) atoms. The number of hydrogen-bond acceptors (Lipinski definition) is 10. The van der Waals surface area contributed by atoms with Crippen molar-refractivity contribution in [2.75, 3.05) is 13.2 Å². The molecule has 12 heteroatoms. The number of benzene rings is 2. The van der Waals surface area contributed by atoms with E-state index in [4.69, 9.17) is 23.7 Å². The number of epoxide rings is 1. The van der Waals surface area contributed by atoms with Gasteiger partial charge in [-0.1, -0.05) is 54.6 Å². The Morgan fingerprint density at radius 3 is 2.45 bits per heavy atom. The predicted octanol–water partition coefficient (Wildman–Crippen LogP) is 4.51. The molecule has 12 nitrogen and oxygen atoms in total. The predicted molar refractivity (Wildman–Crippen MR) is 201 cm³/mol. The van der Waals surface area contributed by atoms with Gasteiger partial charge in [0.25, 0.3) is 0 Å². The quantitative estimate of drug-likeness (QED) is 0.196. The maximum absolute atomic E-state index is 13.9. The molecule has 294 valence electrons. The molecule has 3 N–H and O–H groups in total. The van der Waals surface area contributed by atoms with Crippen LogP contribution in [0.15, 0.2) is 66.3 Å². The maximum atomic E-state index is 13.9. The zero-order chi connectivity index (χ0) is 38.7. The third-order valence-electron chi connectivity index (χ3n) is 10.9. The Kier molecular flexibility index (Phi) is 11.6. The van der Waals surface area contributed by atoms with Crippen molar-refractivity contribution in [3.63, 3.8) is 0 Å². The van der Waals surface area contributed by atoms with Crippen molar-refractivity contribution >= 4 is 29.8 Å². The molecule has 2 amide bonds. The van der Waals surface area contributed by atoms with Crippen LogP contribution in [0.5, 0.6) is 0 Å². The van der Waals surface area contributed by atoms with Crippen molar-refractivity contribution in [3.8, 4) is 0 Å². The number of nitrogens with one attached hydrogen (secondary N) is 2. The summed E-state index contributed by atoms with van der Waals surface area (Å²) in [5.41, 5.74) is 3.18. The van der Waals surface area contributed by atoms with Crippen LogP contribution in [0, 0.1) is 5.92 Å². The first-order valence-electron chi connectivity index (χ1n) is 19.5. The van der Waals surface area contributed by atoms with Gasteiger partial charge in [0, 0.05) is 44.2 Å². The Balaban J connectivity index is 0.994. The summed E-state index contributed by atoms with van der Waals surface area (Å²) in [5, 5.41) is 15.3. The van der Waals surface area contributed by atoms with Crippen LogP contribution in [0.3, 0.4) is 0 Å². The molecule has 7 atom stereocenters. The molecule has 1 spiro atoms. The summed E-state index contributed by atoms with van der Waals surface area (Å²) in [6, 6.07) is 14.8. The van der Waals surface area contributed by atoms with Crippen LogP contribution in [0.25, 0.3) is 6.08 Å². The van der Waals surface area contributed by atoms with Gasteiger partial charge < -0.3 is 39.4 Å². The minimum atomic E-state index is -0.943. The van der Waals surface area contributed by atoms with E-state index in [0.717, 1.165) is 36.0 Å². The first-order chi connectivity index (χ1) is 26.4. The fourth-order valence-electron chi connectivity index (χ4n) is 8.14. The number of ether oxygens (including phenoxy) is 5. The average molecular weight is 757 g/mol. The highest BCUT2D eigenvalue weighted by Crippen LogP contribution is 2.45. The largest absolute Gasteiger partial charge is 0.460 e. The molecular formula is C43H52N2O10. The van der Waals surface area contributed by atoms with Crippen molar-refractivity contribution < 1.29 is 48.0 Å². The second kappa shape index (κ2) is 16.4. The number of esters is 2. The molecule has 2 aliphatic heterocycles. The van der Waals surface area contributed by atoms with Gasteiger partial charge in [-0.15, -0.1) is 0 Å². The zero-order valence-corrected chi connectivity index (χ0v) is 31.8. The monoisotopic (exact) mass is 756 g/mol. The Bertz CT molecular complexity index is 1810. The van der Waals surface area contributed by atoms with E-state index in [2.05, 4.69) is 28.8 Å². The van der Waals surface area contributed by atoms with Gasteiger partial charge in [0.05, 0.1) is 30.4 Å². The van der Waals surface area contributed by atoms with E-state index in [9.17, 15) is 24.3 Å². The summed E-state index contributed by atoms with van der Waals surface area (Å²) in [7, 11) is 0. The van der Waals surface area contributed by atoms with E-state index in [1.165, 1.54) is 0 Å². The topological polar surface area (TPSA) is 162 Å². The van der Waals surface area contributed by atoms with Crippen LogP contribution in [-0.2, 0) is 50.9 Å². The number of hydrogen-bond donors (Lipinski definition) is 3. The molecule has 2 saturated heterocycles. The minimum absolute atomic E-state index is 0.0234. The van der Waals surface area contributed by atoms with Crippen molar-refractivity contribution in [3.05, 3.63) is 88.5 Å². The van der Waals surface area contributed by atoms with Crippen LogP contribution in [0.4, 0.5) is 0 Å². The standard InChI is InChI=1S/C43H52N2O10/c1-42(2,3)54-38(48)17-15-31(25-46)45-37(47)18-19-44-40(49)30-21-35(39-36(22-30)53-43(55-39)23-28-9-4-5-10-29(28)24-43)52-41(50)32-11-7-6-8-27(32)14-12-26-13-16-33-34(20-26)51-33/h4-12,14,22,26,31,33-36,39,46H,13,15-21,23-25H2,1-3H3,(H,44,49)(H,45,47)/t26?,31-,33?,34?,35+,36+,39-/m0/s1. The molecule has 0 radical (unpaired) electrons. The van der Waals surface area contributed by atoms with Crippen LogP contribution in [0.2, 0.25) is 0 Å². The lowest BCUT2D eigenvalue weighted by molar-refractivity contribution is -0.172. The SMILES string of the molecule is CC(C)(C)OC(=O)CC[C@@H](CO)NC(=O)CCNC(=O)C1=C[C@H]2OC3(Cc4ccccc4C3)O[C@H]2[C@H](OC(=O)c2ccccc2C=CC2CCC3OC3C2)C1. The molecule has 3 fully saturated rings. The number of aliphatic hydroxyl groups is 1. The van der Waals surface area contributed by atoms with E-state index in [0.29, 0.717) is 42.1 Å². The first-order valence-corrected chi connectivity index (χ1v) is 19.5. The molecule has 7 rings (SSSR count). The van der Waals surface area contributed by atoms with Gasteiger partial charge in [0.15, 0.2) is 5.79 Å². The van der Waals surface area contributed by atoms with Crippen molar-refractivity contribution in [2.24, 2.45) is 5.92 Å². The average Bonchev–Trinajstić information content (AvgIpc) is 3.70. The third-order valence-corrected chi connectivity index (χ3v) is 10.9. The maximum Gasteiger partial charge on any atom is 0.339 e. The van der Waals surface area contributed by atoms with Gasteiger partial charge in [-0.2, -0.15) is 0 Å². The van der Waals surface area contributed by atoms with Crippen LogP contribution >= 0.6 is 0 Å². The van der Waals surface area contributed by atoms with Gasteiger partial charge >= 0.3 is 11.9 Å². The fourth-order valence-corrected chi connectivity index (χ4v) is 8.14. The molecule has 1 saturated carbocycles. The van der Waals surface area contributed by atoms with Gasteiger partial charge in [0.2, 0.25) is 11.8 Å². The molecule has 0 aromatic heterocycles. The molecule has 3 unspecified atom stereocenters. The molecular weight excluding hydrogens is 704 g/mol. The molecule has 3 aliphatic carbocycles. The summed E-state index contributed by atoms with van der Waals surface area (Å²) < 4.78 is 30.5. The summed E-state index contributed by atoms with van der Waals surface area (Å²) in [4.78, 5) is 52.3. The number of carbonyl (C=O) groups is 4. The number of aliphatic hydroxyl groups excluding tert-OH is 1. The molecule has 0 bridgehead atoms. The van der Waals surface area contributed by atoms with E-state index < -0.39 is 53.6 Å². The number of rotatable bonds is 13. The molecule has 2 heterocycles. The molecule has 5 aliphatic rings. The number of carbonyl (C=O) groups excluding carboxylic acids is 4. The lowest BCUT2D eigenvalue weighted by Gasteiger charge is -2.30. The Morgan fingerprint density at radius 1 is 0.982 bits per heavy atom. The van der Waals surface area contributed by atoms with Crippen LogP contribution in [0.1, 0.15) is 92.8 Å². The second-order valence-corrected chi connectivity index (χ2v) is 16.3. The van der Waals surface area contributed by atoms with E-state index >= 15 is 0 Å². The summed E-state index contributed by atoms with van der Waals surface area (Å²) in [6.45, 7) is 4.99. The second-order valence-electron chi connectivity index (χ2n) is 16.3. The highest BCUT2D eigenvalue weighted by Gasteiger charge is 2.55. The van der Waals surface area contributed by atoms with Crippen molar-refractivity contribution in [1.82, 2.24) is 10.6 Å². The Morgan fingerprint density at radius 2 is 1.73 bits per heavy atom. The lowest BCUT2D eigenvalue weighted by Crippen LogP contribution is -2.44. The van der Waals surface area contributed by atoms with E-state index in [1.807, 2.05) is 30.3 Å². The molecule has 2 aromatic carbocycles. The van der Waals surface area contributed by atoms with Gasteiger partial charge in [0.1, 0.15) is 23.9 Å². The first kappa shape index (κ1) is 38.9. The van der Waals surface area contributed by atoms with Crippen molar-refractivity contribution in [1.29, 1.82) is 0 Å². The number of amides is 2. The number of allylic oxidation sites excluding steroid dienone is 1. The van der Waals surface area contributed by atoms with Crippen molar-refractivity contribution in [2.45, 2.75) is 127 Å². The lowest BCUT2D eigenvalue weighted by atomic mass is 9.88. The normalized spacial score (nSPS) is 26.7. The minimum Gasteiger partial charge on any atom is -0.460 e. The highest BCUT2D eigenvalue weighted by atomic mass is 16.8. The van der Waals surface area contributed by atoms with Crippen LogP contribution in [-0.4, -0.2) is 90.0 Å². The third kappa shape index (κ3) is 9.72.